The van der Waals surface area contributed by atoms with Crippen molar-refractivity contribution in [1.29, 1.82) is 0 Å². The van der Waals surface area contributed by atoms with Gasteiger partial charge in [-0.3, -0.25) is 14.5 Å². The predicted molar refractivity (Wildman–Crippen MR) is 166 cm³/mol. The fourth-order valence-electron chi connectivity index (χ4n) is 6.73. The number of piperidine rings is 1. The Hall–Kier alpha value is -2.81. The molecule has 0 spiro atoms. The molecule has 2 atom stereocenters. The second kappa shape index (κ2) is 12.7. The number of carbonyl (C=O) groups excluding carboxylic acids is 2. The Morgan fingerprint density at radius 2 is 1.67 bits per heavy atom. The van der Waals surface area contributed by atoms with Gasteiger partial charge in [0.15, 0.2) is 5.72 Å². The van der Waals surface area contributed by atoms with Crippen LogP contribution in [-0.2, 0) is 27.4 Å². The summed E-state index contributed by atoms with van der Waals surface area (Å²) in [4.78, 5) is 29.5. The summed E-state index contributed by atoms with van der Waals surface area (Å²) in [6, 6.07) is 17.0. The fraction of sp³-hybridized carbons (Fsp3) is 0.412. The Labute approximate surface area is 262 Å². The zero-order valence-electron chi connectivity index (χ0n) is 24.7. The van der Waals surface area contributed by atoms with Crippen LogP contribution in [0.25, 0.3) is 0 Å². The van der Waals surface area contributed by atoms with Gasteiger partial charge in [0, 0.05) is 42.2 Å². The number of nitrogens with zero attached hydrogens (tertiary/aromatic N) is 2. The number of aliphatic hydroxyl groups is 1. The molecule has 3 aromatic carbocycles. The molecule has 9 heteroatoms. The van der Waals surface area contributed by atoms with Gasteiger partial charge in [-0.2, -0.15) is 0 Å². The van der Waals surface area contributed by atoms with Crippen molar-refractivity contribution in [3.8, 4) is 0 Å². The normalized spacial score (nSPS) is 20.7. The van der Waals surface area contributed by atoms with Crippen molar-refractivity contribution in [2.75, 3.05) is 26.7 Å². The number of hydrogen-bond acceptors (Lipinski definition) is 5. The summed E-state index contributed by atoms with van der Waals surface area (Å²) in [6.45, 7) is 5.79. The number of rotatable bonds is 10. The first kappa shape index (κ1) is 31.6. The summed E-state index contributed by atoms with van der Waals surface area (Å²) in [5, 5.41) is 13.2. The number of amides is 1. The van der Waals surface area contributed by atoms with E-state index in [0.717, 1.165) is 18.7 Å². The van der Waals surface area contributed by atoms with Crippen molar-refractivity contribution in [2.24, 2.45) is 5.92 Å². The third-order valence-electron chi connectivity index (χ3n) is 9.15. The topological polar surface area (TPSA) is 70.1 Å². The van der Waals surface area contributed by atoms with E-state index in [1.807, 2.05) is 19.1 Å². The van der Waals surface area contributed by atoms with Gasteiger partial charge < -0.3 is 14.7 Å². The van der Waals surface area contributed by atoms with E-state index < -0.39 is 23.1 Å². The van der Waals surface area contributed by atoms with E-state index in [1.54, 1.807) is 49.4 Å². The number of fused-ring (bicyclic) bond motifs is 1. The largest absolute Gasteiger partial charge is 0.385 e. The SMILES string of the molecule is CC[C@@](O)(c1cc(F)c2c(c1)C(=O)N(Cc1ccc(Cl)cc1)[C@@]2(OC)c1ccc(Cl)cc1)C1CCN(CCC(C)=O)CC1. The van der Waals surface area contributed by atoms with Crippen molar-refractivity contribution in [3.05, 3.63) is 104 Å². The van der Waals surface area contributed by atoms with Crippen LogP contribution in [0.5, 0.6) is 0 Å². The summed E-state index contributed by atoms with van der Waals surface area (Å²) < 4.78 is 22.7. The Morgan fingerprint density at radius 1 is 1.07 bits per heavy atom. The van der Waals surface area contributed by atoms with Gasteiger partial charge in [0.05, 0.1) is 16.7 Å². The molecule has 0 aromatic heterocycles. The highest BCUT2D eigenvalue weighted by Crippen LogP contribution is 2.49. The molecule has 0 saturated carbocycles. The summed E-state index contributed by atoms with van der Waals surface area (Å²) in [5.74, 6) is -1.00. The van der Waals surface area contributed by atoms with Crippen molar-refractivity contribution in [2.45, 2.75) is 57.4 Å². The minimum atomic E-state index is -1.56. The molecule has 0 bridgehead atoms. The summed E-state index contributed by atoms with van der Waals surface area (Å²) >= 11 is 12.3. The maximum Gasteiger partial charge on any atom is 0.257 e. The van der Waals surface area contributed by atoms with Gasteiger partial charge in [0.2, 0.25) is 0 Å². The average Bonchev–Trinajstić information content (AvgIpc) is 3.25. The van der Waals surface area contributed by atoms with E-state index >= 15 is 4.39 Å². The zero-order chi connectivity index (χ0) is 30.9. The third kappa shape index (κ3) is 5.86. The molecule has 2 heterocycles. The molecule has 3 aromatic rings. The van der Waals surface area contributed by atoms with E-state index in [0.29, 0.717) is 53.4 Å². The summed E-state index contributed by atoms with van der Waals surface area (Å²) in [6.07, 6.45) is 2.26. The molecule has 0 aliphatic carbocycles. The predicted octanol–water partition coefficient (Wildman–Crippen LogP) is 6.92. The smallest absolute Gasteiger partial charge is 0.257 e. The number of carbonyl (C=O) groups is 2. The highest BCUT2D eigenvalue weighted by molar-refractivity contribution is 6.30. The van der Waals surface area contributed by atoms with Crippen LogP contribution in [0, 0.1) is 11.7 Å². The van der Waals surface area contributed by atoms with Crippen LogP contribution >= 0.6 is 23.2 Å². The number of methoxy groups -OCH3 is 1. The Bertz CT molecular complexity index is 1490. The molecular formula is C34H37Cl2FN2O4. The quantitative estimate of drug-likeness (QED) is 0.264. The second-order valence-electron chi connectivity index (χ2n) is 11.6. The lowest BCUT2D eigenvalue weighted by atomic mass is 9.73. The Morgan fingerprint density at radius 3 is 2.23 bits per heavy atom. The fourth-order valence-corrected chi connectivity index (χ4v) is 6.98. The minimum absolute atomic E-state index is 0.109. The maximum absolute atomic E-state index is 16.6. The summed E-state index contributed by atoms with van der Waals surface area (Å²) in [5.41, 5.74) is -0.895. The van der Waals surface area contributed by atoms with Crippen LogP contribution < -0.4 is 0 Å². The first-order valence-electron chi connectivity index (χ1n) is 14.7. The van der Waals surface area contributed by atoms with E-state index in [1.165, 1.54) is 18.1 Å². The molecule has 228 valence electrons. The number of ketones is 1. The molecule has 2 aliphatic heterocycles. The molecule has 5 rings (SSSR count). The van der Waals surface area contributed by atoms with E-state index in [2.05, 4.69) is 4.90 Å². The number of hydrogen-bond donors (Lipinski definition) is 1. The molecule has 1 fully saturated rings. The van der Waals surface area contributed by atoms with Gasteiger partial charge >= 0.3 is 0 Å². The molecule has 0 unspecified atom stereocenters. The number of benzene rings is 3. The molecule has 0 radical (unpaired) electrons. The molecule has 1 saturated heterocycles. The van der Waals surface area contributed by atoms with Gasteiger partial charge in [-0.05, 0) is 92.7 Å². The monoisotopic (exact) mass is 626 g/mol. The van der Waals surface area contributed by atoms with E-state index in [9.17, 15) is 14.7 Å². The lowest BCUT2D eigenvalue weighted by Crippen LogP contribution is -2.46. The molecule has 6 nitrogen and oxygen atoms in total. The first-order valence-corrected chi connectivity index (χ1v) is 15.4. The van der Waals surface area contributed by atoms with Gasteiger partial charge in [0.25, 0.3) is 5.91 Å². The van der Waals surface area contributed by atoms with Gasteiger partial charge in [0.1, 0.15) is 11.6 Å². The van der Waals surface area contributed by atoms with Crippen molar-refractivity contribution >= 4 is 34.9 Å². The number of ether oxygens (including phenoxy) is 1. The number of Topliss-reactive ketones (excluding diaryl/α,β-unsaturated/α-hetero) is 1. The van der Waals surface area contributed by atoms with Crippen LogP contribution in [0.1, 0.15) is 72.1 Å². The second-order valence-corrected chi connectivity index (χ2v) is 12.5. The average molecular weight is 628 g/mol. The van der Waals surface area contributed by atoms with E-state index in [-0.39, 0.29) is 29.4 Å². The molecule has 2 aliphatic rings. The number of halogens is 3. The van der Waals surface area contributed by atoms with Crippen LogP contribution in [0.4, 0.5) is 4.39 Å². The van der Waals surface area contributed by atoms with Crippen LogP contribution in [0.15, 0.2) is 60.7 Å². The molecule has 1 N–H and O–H groups in total. The minimum Gasteiger partial charge on any atom is -0.385 e. The lowest BCUT2D eigenvalue weighted by molar-refractivity contribution is -0.117. The summed E-state index contributed by atoms with van der Waals surface area (Å²) in [7, 11) is 1.46. The Kier molecular flexibility index (Phi) is 9.31. The van der Waals surface area contributed by atoms with Crippen molar-refractivity contribution < 1.29 is 23.8 Å². The highest BCUT2D eigenvalue weighted by Gasteiger charge is 2.54. The first-order chi connectivity index (χ1) is 20.5. The standard InChI is InChI=1S/C34H37Cl2FN2O4/c1-4-33(42,24-14-17-38(18-15-24)16-13-22(2)40)26-19-29-31(30(37)20-26)34(43-3,25-7-11-28(36)12-8-25)39(32(29)41)21-23-5-9-27(35)10-6-23/h5-12,19-20,24,42H,4,13-18,21H2,1-3H3/t33-,34+/m0/s1. The van der Waals surface area contributed by atoms with Gasteiger partial charge in [-0.25, -0.2) is 4.39 Å². The van der Waals surface area contributed by atoms with Gasteiger partial charge in [-0.15, -0.1) is 0 Å². The van der Waals surface area contributed by atoms with Crippen molar-refractivity contribution in [3.63, 3.8) is 0 Å². The molecule has 43 heavy (non-hydrogen) atoms. The molecular weight excluding hydrogens is 590 g/mol. The zero-order valence-corrected chi connectivity index (χ0v) is 26.2. The van der Waals surface area contributed by atoms with Crippen LogP contribution in [-0.4, -0.2) is 53.3 Å². The third-order valence-corrected chi connectivity index (χ3v) is 9.66. The Balaban J connectivity index is 1.56. The highest BCUT2D eigenvalue weighted by atomic mass is 35.5. The lowest BCUT2D eigenvalue weighted by Gasteiger charge is -2.42. The van der Waals surface area contributed by atoms with Crippen LogP contribution in [0.2, 0.25) is 10.0 Å². The van der Waals surface area contributed by atoms with Crippen LogP contribution in [0.3, 0.4) is 0 Å². The maximum atomic E-state index is 16.6. The van der Waals surface area contributed by atoms with Crippen molar-refractivity contribution in [1.82, 2.24) is 9.80 Å². The van der Waals surface area contributed by atoms with Gasteiger partial charge in [-0.1, -0.05) is 54.4 Å². The number of likely N-dealkylation sites (tertiary alicyclic amines) is 1. The molecule has 1 amide bonds. The van der Waals surface area contributed by atoms with E-state index in [4.69, 9.17) is 27.9 Å².